The summed E-state index contributed by atoms with van der Waals surface area (Å²) in [6.07, 6.45) is 0. The molecule has 7 heteroatoms. The average Bonchev–Trinajstić information content (AvgIpc) is 2.55. The minimum Gasteiger partial charge on any atom is -0.496 e. The number of benzene rings is 1. The lowest BCUT2D eigenvalue weighted by Gasteiger charge is -2.23. The van der Waals surface area contributed by atoms with E-state index >= 15 is 0 Å². The predicted octanol–water partition coefficient (Wildman–Crippen LogP) is 1.48. The van der Waals surface area contributed by atoms with Gasteiger partial charge >= 0.3 is 0 Å². The first kappa shape index (κ1) is 21.5. The van der Waals surface area contributed by atoms with Crippen LogP contribution in [0.3, 0.4) is 0 Å². The highest BCUT2D eigenvalue weighted by molar-refractivity contribution is 6.00. The van der Waals surface area contributed by atoms with Crippen LogP contribution in [0.2, 0.25) is 0 Å². The van der Waals surface area contributed by atoms with E-state index in [0.717, 1.165) is 0 Å². The molecule has 0 spiro atoms. The van der Waals surface area contributed by atoms with Gasteiger partial charge in [-0.25, -0.2) is 0 Å². The Labute approximate surface area is 154 Å². The second-order valence-electron chi connectivity index (χ2n) is 7.41. The maximum absolute atomic E-state index is 12.5. The highest BCUT2D eigenvalue weighted by Crippen LogP contribution is 2.17. The summed E-state index contributed by atoms with van der Waals surface area (Å²) in [6, 6.07) is 6.01. The molecule has 3 amide bonds. The molecule has 0 heterocycles. The Kier molecular flexibility index (Phi) is 7.61. The SMILES string of the molecule is COc1ccccc1C(=O)NC(C(=O)NCC(=O)NC(C)(C)C)C(C)C. The summed E-state index contributed by atoms with van der Waals surface area (Å²) < 4.78 is 5.18. The number of carbonyl (C=O) groups is 3. The van der Waals surface area contributed by atoms with Crippen LogP contribution in [0.1, 0.15) is 45.0 Å². The van der Waals surface area contributed by atoms with Crippen molar-refractivity contribution in [1.82, 2.24) is 16.0 Å². The molecule has 7 nitrogen and oxygen atoms in total. The van der Waals surface area contributed by atoms with Gasteiger partial charge in [0.2, 0.25) is 11.8 Å². The largest absolute Gasteiger partial charge is 0.496 e. The van der Waals surface area contributed by atoms with Gasteiger partial charge in [-0.3, -0.25) is 14.4 Å². The normalized spacial score (nSPS) is 12.3. The molecular formula is C19H29N3O4. The van der Waals surface area contributed by atoms with Gasteiger partial charge in [-0.15, -0.1) is 0 Å². The Morgan fingerprint density at radius 1 is 1.12 bits per heavy atom. The van der Waals surface area contributed by atoms with E-state index in [1.54, 1.807) is 24.3 Å². The molecule has 1 unspecified atom stereocenters. The second kappa shape index (κ2) is 9.22. The highest BCUT2D eigenvalue weighted by atomic mass is 16.5. The standard InChI is InChI=1S/C19H29N3O4/c1-12(2)16(18(25)20-11-15(23)22-19(3,4)5)21-17(24)13-9-7-8-10-14(13)26-6/h7-10,12,16H,11H2,1-6H3,(H,20,25)(H,21,24)(H,22,23). The average molecular weight is 363 g/mol. The third-order valence-electron chi connectivity index (χ3n) is 3.52. The number of carbonyl (C=O) groups excluding carboxylic acids is 3. The van der Waals surface area contributed by atoms with Crippen molar-refractivity contribution in [2.24, 2.45) is 5.92 Å². The zero-order valence-electron chi connectivity index (χ0n) is 16.3. The summed E-state index contributed by atoms with van der Waals surface area (Å²) in [5.41, 5.74) is -0.0314. The smallest absolute Gasteiger partial charge is 0.255 e. The van der Waals surface area contributed by atoms with Gasteiger partial charge in [0, 0.05) is 5.54 Å². The van der Waals surface area contributed by atoms with Gasteiger partial charge < -0.3 is 20.7 Å². The van der Waals surface area contributed by atoms with Gasteiger partial charge in [0.15, 0.2) is 0 Å². The Morgan fingerprint density at radius 3 is 2.27 bits per heavy atom. The summed E-state index contributed by atoms with van der Waals surface area (Å²) in [6.45, 7) is 9.07. The lowest BCUT2D eigenvalue weighted by Crippen LogP contribution is -2.52. The Hall–Kier alpha value is -2.57. The predicted molar refractivity (Wildman–Crippen MR) is 100.0 cm³/mol. The van der Waals surface area contributed by atoms with Crippen LogP contribution < -0.4 is 20.7 Å². The molecule has 1 aromatic carbocycles. The molecule has 0 radical (unpaired) electrons. The van der Waals surface area contributed by atoms with Crippen LogP contribution in [0.5, 0.6) is 5.75 Å². The molecule has 26 heavy (non-hydrogen) atoms. The van der Waals surface area contributed by atoms with E-state index in [-0.39, 0.29) is 23.9 Å². The van der Waals surface area contributed by atoms with Crippen molar-refractivity contribution in [1.29, 1.82) is 0 Å². The number of methoxy groups -OCH3 is 1. The Bertz CT molecular complexity index is 650. The Balaban J connectivity index is 2.75. The first-order chi connectivity index (χ1) is 12.0. The lowest BCUT2D eigenvalue weighted by atomic mass is 10.0. The molecule has 1 rings (SSSR count). The van der Waals surface area contributed by atoms with Gasteiger partial charge in [0.05, 0.1) is 19.2 Å². The molecule has 144 valence electrons. The summed E-state index contributed by atoms with van der Waals surface area (Å²) in [7, 11) is 1.48. The number of para-hydroxylation sites is 1. The fraction of sp³-hybridized carbons (Fsp3) is 0.526. The van der Waals surface area contributed by atoms with Crippen LogP contribution in [0, 0.1) is 5.92 Å². The third kappa shape index (κ3) is 6.74. The fourth-order valence-corrected chi connectivity index (χ4v) is 2.33. The van der Waals surface area contributed by atoms with Crippen LogP contribution in [-0.2, 0) is 9.59 Å². The van der Waals surface area contributed by atoms with Crippen molar-refractivity contribution in [3.8, 4) is 5.75 Å². The van der Waals surface area contributed by atoms with Crippen molar-refractivity contribution in [3.63, 3.8) is 0 Å². The van der Waals surface area contributed by atoms with Crippen LogP contribution >= 0.6 is 0 Å². The quantitative estimate of drug-likeness (QED) is 0.684. The number of hydrogen-bond acceptors (Lipinski definition) is 4. The molecule has 0 fully saturated rings. The molecule has 0 aliphatic rings. The molecule has 1 atom stereocenters. The molecule has 0 bridgehead atoms. The molecule has 3 N–H and O–H groups in total. The summed E-state index contributed by atoms with van der Waals surface area (Å²) >= 11 is 0. The van der Waals surface area contributed by atoms with Crippen molar-refractivity contribution in [2.75, 3.05) is 13.7 Å². The minimum atomic E-state index is -0.769. The molecule has 0 saturated heterocycles. The molecule has 1 aromatic rings. The maximum atomic E-state index is 12.5. The zero-order valence-corrected chi connectivity index (χ0v) is 16.3. The van der Waals surface area contributed by atoms with Gasteiger partial charge in [-0.05, 0) is 38.8 Å². The summed E-state index contributed by atoms with van der Waals surface area (Å²) in [5.74, 6) is -0.830. The number of rotatable bonds is 7. The maximum Gasteiger partial charge on any atom is 0.255 e. The van der Waals surface area contributed by atoms with Crippen molar-refractivity contribution in [3.05, 3.63) is 29.8 Å². The van der Waals surface area contributed by atoms with Gasteiger partial charge in [0.25, 0.3) is 5.91 Å². The van der Waals surface area contributed by atoms with E-state index < -0.39 is 17.9 Å². The highest BCUT2D eigenvalue weighted by Gasteiger charge is 2.26. The number of amides is 3. The molecule has 0 aromatic heterocycles. The van der Waals surface area contributed by atoms with Crippen LogP contribution in [0.25, 0.3) is 0 Å². The van der Waals surface area contributed by atoms with E-state index in [0.29, 0.717) is 11.3 Å². The zero-order chi connectivity index (χ0) is 19.9. The van der Waals surface area contributed by atoms with Crippen molar-refractivity contribution in [2.45, 2.75) is 46.2 Å². The monoisotopic (exact) mass is 363 g/mol. The topological polar surface area (TPSA) is 96.5 Å². The van der Waals surface area contributed by atoms with Gasteiger partial charge in [-0.1, -0.05) is 26.0 Å². The Morgan fingerprint density at radius 2 is 1.73 bits per heavy atom. The van der Waals surface area contributed by atoms with Crippen molar-refractivity contribution < 1.29 is 19.1 Å². The fourth-order valence-electron chi connectivity index (χ4n) is 2.33. The molecule has 0 aliphatic heterocycles. The van der Waals surface area contributed by atoms with Gasteiger partial charge in [0.1, 0.15) is 11.8 Å². The first-order valence-electron chi connectivity index (χ1n) is 8.57. The number of nitrogens with one attached hydrogen (secondary N) is 3. The lowest BCUT2D eigenvalue weighted by molar-refractivity contribution is -0.128. The van der Waals surface area contributed by atoms with Crippen LogP contribution in [0.15, 0.2) is 24.3 Å². The van der Waals surface area contributed by atoms with Crippen LogP contribution in [-0.4, -0.2) is 43.0 Å². The van der Waals surface area contributed by atoms with E-state index in [1.165, 1.54) is 7.11 Å². The minimum absolute atomic E-state index is 0.149. The van der Waals surface area contributed by atoms with E-state index in [9.17, 15) is 14.4 Å². The molecular weight excluding hydrogens is 334 g/mol. The summed E-state index contributed by atoms with van der Waals surface area (Å²) in [5, 5.41) is 8.06. The van der Waals surface area contributed by atoms with Crippen LogP contribution in [0.4, 0.5) is 0 Å². The van der Waals surface area contributed by atoms with E-state index in [1.807, 2.05) is 34.6 Å². The number of hydrogen-bond donors (Lipinski definition) is 3. The van der Waals surface area contributed by atoms with E-state index in [2.05, 4.69) is 16.0 Å². The third-order valence-corrected chi connectivity index (χ3v) is 3.52. The molecule has 0 saturated carbocycles. The second-order valence-corrected chi connectivity index (χ2v) is 7.41. The van der Waals surface area contributed by atoms with E-state index in [4.69, 9.17) is 4.74 Å². The van der Waals surface area contributed by atoms with Gasteiger partial charge in [-0.2, -0.15) is 0 Å². The molecule has 0 aliphatic carbocycles. The summed E-state index contributed by atoms with van der Waals surface area (Å²) in [4.78, 5) is 36.8. The van der Waals surface area contributed by atoms with Crippen molar-refractivity contribution >= 4 is 17.7 Å². The number of ether oxygens (including phenoxy) is 1. The first-order valence-corrected chi connectivity index (χ1v) is 8.57.